The Labute approximate surface area is 117 Å². The first-order valence-electron chi connectivity index (χ1n) is 6.52. The Morgan fingerprint density at radius 2 is 1.85 bits per heavy atom. The maximum absolute atomic E-state index is 9.11. The molecule has 2 heterocycles. The number of unbranched alkanes of at least 4 members (excludes halogenated alkanes) is 1. The minimum atomic E-state index is 0.218. The Morgan fingerprint density at radius 1 is 1.10 bits per heavy atom. The van der Waals surface area contributed by atoms with Crippen molar-refractivity contribution in [2.75, 3.05) is 0 Å². The second kappa shape index (κ2) is 6.03. The molecule has 0 spiro atoms. The Kier molecular flexibility index (Phi) is 4.17. The normalized spacial score (nSPS) is 10.2. The molecule has 0 aliphatic carbocycles. The van der Waals surface area contributed by atoms with Crippen LogP contribution in [0, 0.1) is 36.5 Å². The summed E-state index contributed by atoms with van der Waals surface area (Å²) in [4.78, 5) is 8.28. The fourth-order valence-electron chi connectivity index (χ4n) is 2.22. The first-order valence-corrected chi connectivity index (χ1v) is 6.52. The van der Waals surface area contributed by atoms with Gasteiger partial charge >= 0.3 is 0 Å². The molecule has 0 aliphatic rings. The van der Waals surface area contributed by atoms with Gasteiger partial charge in [-0.3, -0.25) is 0 Å². The van der Waals surface area contributed by atoms with Crippen LogP contribution < -0.4 is 0 Å². The lowest BCUT2D eigenvalue weighted by Gasteiger charge is -2.07. The molecule has 0 saturated heterocycles. The van der Waals surface area contributed by atoms with Gasteiger partial charge in [0.2, 0.25) is 0 Å². The van der Waals surface area contributed by atoms with Gasteiger partial charge in [-0.05, 0) is 26.7 Å². The largest absolute Gasteiger partial charge is 0.335 e. The van der Waals surface area contributed by atoms with Crippen molar-refractivity contribution in [3.05, 3.63) is 35.4 Å². The summed E-state index contributed by atoms with van der Waals surface area (Å²) in [6, 6.07) is 4.02. The number of hydrogen-bond donors (Lipinski definition) is 0. The lowest BCUT2D eigenvalue weighted by Crippen LogP contribution is -2.06. The number of aryl methyl sites for hydroxylation is 3. The molecule has 0 N–H and O–H groups in total. The van der Waals surface area contributed by atoms with Crippen LogP contribution in [0.3, 0.4) is 0 Å². The fraction of sp³-hybridized carbons (Fsp3) is 0.429. The Balaban J connectivity index is 1.95. The molecule has 20 heavy (non-hydrogen) atoms. The van der Waals surface area contributed by atoms with E-state index in [4.69, 9.17) is 10.5 Å². The molecule has 0 aromatic carbocycles. The van der Waals surface area contributed by atoms with E-state index in [-0.39, 0.29) is 5.69 Å². The monoisotopic (exact) mass is 268 g/mol. The van der Waals surface area contributed by atoms with Gasteiger partial charge in [-0.2, -0.15) is 10.5 Å². The van der Waals surface area contributed by atoms with Crippen LogP contribution in [0.1, 0.15) is 35.9 Å². The van der Waals surface area contributed by atoms with Crippen LogP contribution in [0.5, 0.6) is 0 Å². The lowest BCUT2D eigenvalue weighted by atomic mass is 10.3. The quantitative estimate of drug-likeness (QED) is 0.775. The Morgan fingerprint density at radius 3 is 2.45 bits per heavy atom. The van der Waals surface area contributed by atoms with Crippen LogP contribution >= 0.6 is 0 Å². The molecule has 0 unspecified atom stereocenters. The predicted molar refractivity (Wildman–Crippen MR) is 72.6 cm³/mol. The molecule has 0 amide bonds. The number of rotatable bonds is 5. The van der Waals surface area contributed by atoms with Crippen molar-refractivity contribution >= 4 is 0 Å². The van der Waals surface area contributed by atoms with E-state index in [0.29, 0.717) is 12.2 Å². The molecule has 0 atom stereocenters. The smallest absolute Gasteiger partial charge is 0.177 e. The second-order valence-electron chi connectivity index (χ2n) is 4.61. The van der Waals surface area contributed by atoms with Crippen LogP contribution in [0.4, 0.5) is 0 Å². The molecule has 0 radical (unpaired) electrons. The van der Waals surface area contributed by atoms with Crippen LogP contribution in [-0.2, 0) is 13.1 Å². The van der Waals surface area contributed by atoms with Crippen molar-refractivity contribution in [3.8, 4) is 12.1 Å². The molecule has 0 aliphatic heterocycles. The third kappa shape index (κ3) is 2.70. The van der Waals surface area contributed by atoms with Gasteiger partial charge < -0.3 is 9.13 Å². The van der Waals surface area contributed by atoms with Gasteiger partial charge in [0, 0.05) is 25.5 Å². The summed E-state index contributed by atoms with van der Waals surface area (Å²) in [6.45, 7) is 5.42. The molecule has 2 aromatic heterocycles. The first kappa shape index (κ1) is 13.8. The van der Waals surface area contributed by atoms with Crippen molar-refractivity contribution < 1.29 is 0 Å². The second-order valence-corrected chi connectivity index (χ2v) is 4.61. The van der Waals surface area contributed by atoms with Crippen LogP contribution in [0.15, 0.2) is 12.4 Å². The standard InChI is InChI=1S/C14H16N6/c1-11-17-5-8-19(11)6-3-4-7-20-12(2)18-13(9-15)14(20)10-16/h5,8H,3-4,6-7H2,1-2H3. The Bertz CT molecular complexity index is 680. The van der Waals surface area contributed by atoms with E-state index < -0.39 is 0 Å². The molecule has 6 heteroatoms. The average molecular weight is 268 g/mol. The van der Waals surface area contributed by atoms with E-state index in [1.54, 1.807) is 6.20 Å². The number of imidazole rings is 2. The molecule has 0 fully saturated rings. The van der Waals surface area contributed by atoms with Crippen molar-refractivity contribution in [1.29, 1.82) is 10.5 Å². The fourth-order valence-corrected chi connectivity index (χ4v) is 2.22. The third-order valence-electron chi connectivity index (χ3n) is 3.32. The topological polar surface area (TPSA) is 83.2 Å². The first-order chi connectivity index (χ1) is 9.67. The zero-order chi connectivity index (χ0) is 14.5. The number of nitriles is 2. The summed E-state index contributed by atoms with van der Waals surface area (Å²) in [7, 11) is 0. The van der Waals surface area contributed by atoms with Crippen molar-refractivity contribution in [2.45, 2.75) is 39.8 Å². The van der Waals surface area contributed by atoms with E-state index in [0.717, 1.165) is 31.0 Å². The maximum atomic E-state index is 9.11. The minimum Gasteiger partial charge on any atom is -0.335 e. The van der Waals surface area contributed by atoms with Crippen LogP contribution in [0.25, 0.3) is 0 Å². The molecular formula is C14H16N6. The van der Waals surface area contributed by atoms with Crippen LogP contribution in [-0.4, -0.2) is 19.1 Å². The summed E-state index contributed by atoms with van der Waals surface area (Å²) in [6.07, 6.45) is 5.67. The molecule has 0 saturated carbocycles. The van der Waals surface area contributed by atoms with Gasteiger partial charge in [-0.25, -0.2) is 9.97 Å². The predicted octanol–water partition coefficient (Wildman–Crippen LogP) is 1.92. The highest BCUT2D eigenvalue weighted by atomic mass is 15.1. The number of nitrogens with zero attached hydrogens (tertiary/aromatic N) is 6. The summed E-state index contributed by atoms with van der Waals surface area (Å²) in [5, 5.41) is 18.0. The Hall–Kier alpha value is -2.60. The van der Waals surface area contributed by atoms with Gasteiger partial charge in [0.1, 0.15) is 23.8 Å². The molecule has 6 nitrogen and oxygen atoms in total. The SMILES string of the molecule is Cc1nccn1CCCCn1c(C)nc(C#N)c1C#N. The summed E-state index contributed by atoms with van der Waals surface area (Å²) < 4.78 is 3.92. The van der Waals surface area contributed by atoms with E-state index in [1.165, 1.54) is 0 Å². The zero-order valence-electron chi connectivity index (χ0n) is 11.7. The highest BCUT2D eigenvalue weighted by Crippen LogP contribution is 2.11. The van der Waals surface area contributed by atoms with Crippen molar-refractivity contribution in [3.63, 3.8) is 0 Å². The molecule has 2 rings (SSSR count). The van der Waals surface area contributed by atoms with E-state index in [2.05, 4.69) is 20.6 Å². The van der Waals surface area contributed by atoms with Gasteiger partial charge in [-0.1, -0.05) is 0 Å². The minimum absolute atomic E-state index is 0.218. The van der Waals surface area contributed by atoms with Gasteiger partial charge in [0.25, 0.3) is 0 Å². The molecule has 0 bridgehead atoms. The molecular weight excluding hydrogens is 252 g/mol. The van der Waals surface area contributed by atoms with E-state index >= 15 is 0 Å². The highest BCUT2D eigenvalue weighted by Gasteiger charge is 2.13. The van der Waals surface area contributed by atoms with Gasteiger partial charge in [-0.15, -0.1) is 0 Å². The summed E-state index contributed by atoms with van der Waals surface area (Å²) in [5.74, 6) is 1.73. The summed E-state index contributed by atoms with van der Waals surface area (Å²) in [5.41, 5.74) is 0.583. The van der Waals surface area contributed by atoms with Crippen molar-refractivity contribution in [2.24, 2.45) is 0 Å². The lowest BCUT2D eigenvalue weighted by molar-refractivity contribution is 0.538. The average Bonchev–Trinajstić information content (AvgIpc) is 2.98. The molecule has 102 valence electrons. The maximum Gasteiger partial charge on any atom is 0.177 e. The number of hydrogen-bond acceptors (Lipinski definition) is 4. The van der Waals surface area contributed by atoms with E-state index in [1.807, 2.05) is 30.7 Å². The van der Waals surface area contributed by atoms with Crippen molar-refractivity contribution in [1.82, 2.24) is 19.1 Å². The van der Waals surface area contributed by atoms with Gasteiger partial charge in [0.05, 0.1) is 0 Å². The van der Waals surface area contributed by atoms with Crippen LogP contribution in [0.2, 0.25) is 0 Å². The third-order valence-corrected chi connectivity index (χ3v) is 3.32. The van der Waals surface area contributed by atoms with E-state index in [9.17, 15) is 0 Å². The number of aromatic nitrogens is 4. The van der Waals surface area contributed by atoms with Gasteiger partial charge in [0.15, 0.2) is 11.4 Å². The zero-order valence-corrected chi connectivity index (χ0v) is 11.7. The molecule has 2 aromatic rings. The highest BCUT2D eigenvalue weighted by molar-refractivity contribution is 5.37. The summed E-state index contributed by atoms with van der Waals surface area (Å²) >= 11 is 0.